The summed E-state index contributed by atoms with van der Waals surface area (Å²) in [5, 5.41) is 9.65. The summed E-state index contributed by atoms with van der Waals surface area (Å²) < 4.78 is 27.1. The molecule has 0 heterocycles. The summed E-state index contributed by atoms with van der Waals surface area (Å²) in [4.78, 5) is 0.237. The number of phenolic OH excluding ortho intramolecular Hbond substituents is 1. The first-order valence-corrected chi connectivity index (χ1v) is 7.97. The number of hydrogen-bond acceptors (Lipinski definition) is 3. The van der Waals surface area contributed by atoms with Crippen molar-refractivity contribution in [1.29, 1.82) is 0 Å². The number of phenols is 1. The topological polar surface area (TPSA) is 66.4 Å². The average Bonchev–Trinajstić information content (AvgIpc) is 2.88. The van der Waals surface area contributed by atoms with Crippen LogP contribution in [0.25, 0.3) is 0 Å². The summed E-state index contributed by atoms with van der Waals surface area (Å²) >= 11 is 0. The number of sulfonamides is 1. The van der Waals surface area contributed by atoms with Crippen molar-refractivity contribution in [2.75, 3.05) is 4.72 Å². The maximum atomic E-state index is 12.3. The maximum absolute atomic E-state index is 12.3. The van der Waals surface area contributed by atoms with Crippen LogP contribution < -0.4 is 4.72 Å². The van der Waals surface area contributed by atoms with Gasteiger partial charge in [-0.05, 0) is 54.7 Å². The summed E-state index contributed by atoms with van der Waals surface area (Å²) in [5.74, 6) is -0.0859. The summed E-state index contributed by atoms with van der Waals surface area (Å²) in [6.45, 7) is 0. The molecule has 104 valence electrons. The van der Waals surface area contributed by atoms with E-state index in [-0.39, 0.29) is 16.3 Å². The monoisotopic (exact) mass is 289 g/mol. The second-order valence-corrected chi connectivity index (χ2v) is 6.59. The zero-order chi connectivity index (χ0) is 14.2. The molecule has 0 atom stereocenters. The summed E-state index contributed by atoms with van der Waals surface area (Å²) in [6, 6.07) is 11.5. The molecule has 0 spiro atoms. The number of aryl methyl sites for hydroxylation is 2. The highest BCUT2D eigenvalue weighted by Gasteiger charge is 2.19. The molecule has 1 aliphatic rings. The predicted octanol–water partition coefficient (Wildman–Crippen LogP) is 2.68. The average molecular weight is 289 g/mol. The SMILES string of the molecule is O=S(=O)(Nc1ccccc1O)c1ccc2c(c1)CCC2. The van der Waals surface area contributed by atoms with E-state index < -0.39 is 10.0 Å². The van der Waals surface area contributed by atoms with Crippen LogP contribution in [0.1, 0.15) is 17.5 Å². The first-order valence-electron chi connectivity index (χ1n) is 6.49. The molecule has 2 aromatic carbocycles. The van der Waals surface area contributed by atoms with E-state index in [1.807, 2.05) is 6.07 Å². The van der Waals surface area contributed by atoms with Crippen LogP contribution in [0.4, 0.5) is 5.69 Å². The van der Waals surface area contributed by atoms with E-state index >= 15 is 0 Å². The third-order valence-corrected chi connectivity index (χ3v) is 4.89. The summed E-state index contributed by atoms with van der Waals surface area (Å²) in [6.07, 6.45) is 3.02. The van der Waals surface area contributed by atoms with Crippen molar-refractivity contribution in [3.63, 3.8) is 0 Å². The van der Waals surface area contributed by atoms with Crippen molar-refractivity contribution < 1.29 is 13.5 Å². The van der Waals surface area contributed by atoms with Gasteiger partial charge in [0.15, 0.2) is 0 Å². The van der Waals surface area contributed by atoms with Crippen LogP contribution in [0.3, 0.4) is 0 Å². The van der Waals surface area contributed by atoms with Crippen LogP contribution in [-0.4, -0.2) is 13.5 Å². The molecule has 0 saturated carbocycles. The lowest BCUT2D eigenvalue weighted by atomic mass is 10.1. The fraction of sp³-hybridized carbons (Fsp3) is 0.200. The number of fused-ring (bicyclic) bond motifs is 1. The Balaban J connectivity index is 1.94. The molecule has 0 unspecified atom stereocenters. The van der Waals surface area contributed by atoms with E-state index in [0.717, 1.165) is 24.8 Å². The van der Waals surface area contributed by atoms with Gasteiger partial charge in [-0.15, -0.1) is 0 Å². The quantitative estimate of drug-likeness (QED) is 0.854. The van der Waals surface area contributed by atoms with E-state index in [0.29, 0.717) is 0 Å². The largest absolute Gasteiger partial charge is 0.506 e. The van der Waals surface area contributed by atoms with E-state index in [1.165, 1.54) is 17.7 Å². The predicted molar refractivity (Wildman–Crippen MR) is 77.4 cm³/mol. The zero-order valence-electron chi connectivity index (χ0n) is 10.8. The molecule has 0 radical (unpaired) electrons. The number of hydrogen-bond donors (Lipinski definition) is 2. The van der Waals surface area contributed by atoms with E-state index in [9.17, 15) is 13.5 Å². The Morgan fingerprint density at radius 1 is 1.00 bits per heavy atom. The van der Waals surface area contributed by atoms with E-state index in [2.05, 4.69) is 4.72 Å². The highest BCUT2D eigenvalue weighted by Crippen LogP contribution is 2.28. The van der Waals surface area contributed by atoms with Gasteiger partial charge in [-0.2, -0.15) is 0 Å². The van der Waals surface area contributed by atoms with Crippen molar-refractivity contribution in [2.24, 2.45) is 0 Å². The first kappa shape index (κ1) is 13.0. The van der Waals surface area contributed by atoms with Gasteiger partial charge in [0.1, 0.15) is 5.75 Å². The van der Waals surface area contributed by atoms with Gasteiger partial charge in [0.2, 0.25) is 0 Å². The van der Waals surface area contributed by atoms with Crippen molar-refractivity contribution in [3.05, 3.63) is 53.6 Å². The number of rotatable bonds is 3. The number of nitrogens with one attached hydrogen (secondary N) is 1. The normalized spacial score (nSPS) is 14.0. The van der Waals surface area contributed by atoms with Crippen molar-refractivity contribution in [2.45, 2.75) is 24.2 Å². The lowest BCUT2D eigenvalue weighted by Gasteiger charge is -2.10. The number of para-hydroxylation sites is 2. The van der Waals surface area contributed by atoms with Crippen LogP contribution in [0.2, 0.25) is 0 Å². The molecular weight excluding hydrogens is 274 g/mol. The van der Waals surface area contributed by atoms with Gasteiger partial charge < -0.3 is 5.11 Å². The standard InChI is InChI=1S/C15H15NO3S/c17-15-7-2-1-6-14(15)16-20(18,19)13-9-8-11-4-3-5-12(11)10-13/h1-2,6-10,16-17H,3-5H2. The Bertz CT molecular complexity index is 753. The minimum Gasteiger partial charge on any atom is -0.506 e. The number of benzene rings is 2. The molecule has 1 aliphatic carbocycles. The zero-order valence-corrected chi connectivity index (χ0v) is 11.7. The second-order valence-electron chi connectivity index (χ2n) is 4.91. The second kappa shape index (κ2) is 4.83. The fourth-order valence-corrected chi connectivity index (χ4v) is 3.60. The molecule has 0 bridgehead atoms. The van der Waals surface area contributed by atoms with Crippen LogP contribution in [0.5, 0.6) is 5.75 Å². The fourth-order valence-electron chi connectivity index (χ4n) is 2.48. The molecule has 0 fully saturated rings. The van der Waals surface area contributed by atoms with Crippen LogP contribution in [0.15, 0.2) is 47.4 Å². The lowest BCUT2D eigenvalue weighted by Crippen LogP contribution is -2.13. The smallest absolute Gasteiger partial charge is 0.262 e. The molecule has 0 saturated heterocycles. The van der Waals surface area contributed by atoms with Gasteiger partial charge in [-0.3, -0.25) is 4.72 Å². The number of anilines is 1. The van der Waals surface area contributed by atoms with Crippen LogP contribution >= 0.6 is 0 Å². The lowest BCUT2D eigenvalue weighted by molar-refractivity contribution is 0.477. The molecule has 3 rings (SSSR count). The molecule has 0 aliphatic heterocycles. The molecule has 0 aromatic heterocycles. The molecular formula is C15H15NO3S. The van der Waals surface area contributed by atoms with Gasteiger partial charge >= 0.3 is 0 Å². The van der Waals surface area contributed by atoms with Crippen molar-refractivity contribution in [1.82, 2.24) is 0 Å². The third kappa shape index (κ3) is 2.36. The van der Waals surface area contributed by atoms with Crippen molar-refractivity contribution in [3.8, 4) is 5.75 Å². The van der Waals surface area contributed by atoms with Gasteiger partial charge in [-0.1, -0.05) is 18.2 Å². The van der Waals surface area contributed by atoms with Crippen LogP contribution in [0, 0.1) is 0 Å². The molecule has 2 aromatic rings. The minimum absolute atomic E-state index is 0.0859. The van der Waals surface area contributed by atoms with Gasteiger partial charge in [-0.25, -0.2) is 8.42 Å². The molecule has 0 amide bonds. The Hall–Kier alpha value is -2.01. The molecule has 20 heavy (non-hydrogen) atoms. The Kier molecular flexibility index (Phi) is 3.14. The highest BCUT2D eigenvalue weighted by atomic mass is 32.2. The Morgan fingerprint density at radius 3 is 2.55 bits per heavy atom. The van der Waals surface area contributed by atoms with Gasteiger partial charge in [0, 0.05) is 0 Å². The number of aromatic hydroxyl groups is 1. The first-order chi connectivity index (χ1) is 9.56. The van der Waals surface area contributed by atoms with Crippen LogP contribution in [-0.2, 0) is 22.9 Å². The van der Waals surface area contributed by atoms with E-state index in [1.54, 1.807) is 24.3 Å². The molecule has 4 nitrogen and oxygen atoms in total. The third-order valence-electron chi connectivity index (χ3n) is 3.53. The van der Waals surface area contributed by atoms with E-state index in [4.69, 9.17) is 0 Å². The molecule has 5 heteroatoms. The Labute approximate surface area is 118 Å². The van der Waals surface area contributed by atoms with Gasteiger partial charge in [0.05, 0.1) is 10.6 Å². The Morgan fingerprint density at radius 2 is 1.75 bits per heavy atom. The van der Waals surface area contributed by atoms with Crippen molar-refractivity contribution >= 4 is 15.7 Å². The highest BCUT2D eigenvalue weighted by molar-refractivity contribution is 7.92. The van der Waals surface area contributed by atoms with Gasteiger partial charge in [0.25, 0.3) is 10.0 Å². The maximum Gasteiger partial charge on any atom is 0.262 e. The summed E-state index contributed by atoms with van der Waals surface area (Å²) in [7, 11) is -3.67. The minimum atomic E-state index is -3.67. The molecule has 2 N–H and O–H groups in total. The summed E-state index contributed by atoms with van der Waals surface area (Å²) in [5.41, 5.74) is 2.52.